The third-order valence-corrected chi connectivity index (χ3v) is 5.65. The largest absolute Gasteiger partial charge is 0.460 e. The minimum atomic E-state index is -4.52. The van der Waals surface area contributed by atoms with Gasteiger partial charge in [-0.05, 0) is 33.3 Å². The second kappa shape index (κ2) is 19.2. The Bertz CT molecular complexity index is 1300. The maximum absolute atomic E-state index is 13.1. The highest BCUT2D eigenvalue weighted by Gasteiger charge is 2.35. The molecular weight excluding hydrogens is 616 g/mol. The smallest absolute Gasteiger partial charge is 0.389 e. The first-order chi connectivity index (χ1) is 21.4. The predicted octanol–water partition coefficient (Wildman–Crippen LogP) is 7.84. The molecule has 0 saturated carbocycles. The van der Waals surface area contributed by atoms with Crippen LogP contribution in [0.15, 0.2) is 59.6 Å². The van der Waals surface area contributed by atoms with E-state index < -0.39 is 73.5 Å². The summed E-state index contributed by atoms with van der Waals surface area (Å²) in [5, 5.41) is 5.14. The molecular formula is C33H41F6N3O4. The van der Waals surface area contributed by atoms with Crippen molar-refractivity contribution in [1.29, 1.82) is 0 Å². The molecule has 1 heterocycles. The van der Waals surface area contributed by atoms with Crippen molar-refractivity contribution in [1.82, 2.24) is 5.32 Å². The van der Waals surface area contributed by atoms with Gasteiger partial charge in [0.1, 0.15) is 5.60 Å². The number of para-hydroxylation sites is 1. The highest BCUT2D eigenvalue weighted by molar-refractivity contribution is 6.19. The van der Waals surface area contributed by atoms with Crippen LogP contribution in [0.1, 0.15) is 78.4 Å². The number of alkyl halides is 6. The zero-order valence-electron chi connectivity index (χ0n) is 26.7. The monoisotopic (exact) mass is 657 g/mol. The number of anilines is 1. The number of benzodiazepines with no additional fused rings is 1. The number of hydrogen-bond donors (Lipinski definition) is 2. The van der Waals surface area contributed by atoms with Crippen molar-refractivity contribution in [2.24, 2.45) is 10.9 Å². The molecule has 2 aromatic rings. The van der Waals surface area contributed by atoms with Gasteiger partial charge in [0.05, 0.1) is 17.8 Å². The molecule has 2 N–H and O–H groups in total. The Morgan fingerprint density at radius 2 is 1.46 bits per heavy atom. The van der Waals surface area contributed by atoms with E-state index in [4.69, 9.17) is 4.74 Å². The first-order valence-electron chi connectivity index (χ1n) is 14.4. The van der Waals surface area contributed by atoms with E-state index in [1.807, 2.05) is 19.9 Å². The number of carbonyl (C=O) groups is 3. The second-order valence-electron chi connectivity index (χ2n) is 10.4. The number of esters is 1. The standard InChI is InChI=1S/C26H28F3N3O4.C3H5F3.C2H6.C2H2/c1-25(2,3)36-20(33)15-17(13-14-26(27,28)29)23(34)32-22-24(35)30-19-12-8-7-11-18(19)21(31-22)16-9-5-4-6-10-16;1-2-3(4,5)6;2*1-2/h4-12,17,22H,13-15H2,1-3H3,(H,30,35)(H,32,34);2H2,1H3;1-2H3;1-2H/t17-,22-;;;/m1.../s1. The lowest BCUT2D eigenvalue weighted by Crippen LogP contribution is -2.45. The van der Waals surface area contributed by atoms with E-state index in [1.165, 1.54) is 0 Å². The first kappa shape index (κ1) is 41.7. The predicted molar refractivity (Wildman–Crippen MR) is 166 cm³/mol. The molecule has 0 radical (unpaired) electrons. The van der Waals surface area contributed by atoms with Crippen LogP contribution in [-0.4, -0.2) is 47.6 Å². The molecule has 7 nitrogen and oxygen atoms in total. The van der Waals surface area contributed by atoms with Crippen molar-refractivity contribution in [2.45, 2.75) is 91.3 Å². The molecule has 13 heteroatoms. The van der Waals surface area contributed by atoms with Crippen molar-refractivity contribution in [3.63, 3.8) is 0 Å². The summed E-state index contributed by atoms with van der Waals surface area (Å²) in [5.74, 6) is -3.73. The van der Waals surface area contributed by atoms with Gasteiger partial charge in [-0.25, -0.2) is 4.99 Å². The van der Waals surface area contributed by atoms with Crippen LogP contribution in [0.5, 0.6) is 0 Å². The SMILES string of the molecule is C#C.CC.CC(C)(C)OC(=O)C[C@@H](CCC(F)(F)F)C(=O)N[C@H]1N=C(c2ccccc2)c2ccccc2NC1=O.CCC(F)(F)F. The number of ether oxygens (including phenoxy) is 1. The first-order valence-corrected chi connectivity index (χ1v) is 14.4. The number of aliphatic imine (C=N–C) groups is 1. The van der Waals surface area contributed by atoms with Gasteiger partial charge >= 0.3 is 18.3 Å². The van der Waals surface area contributed by atoms with Crippen LogP contribution in [0.4, 0.5) is 32.0 Å². The number of nitrogens with one attached hydrogen (secondary N) is 2. The van der Waals surface area contributed by atoms with Crippen LogP contribution >= 0.6 is 0 Å². The van der Waals surface area contributed by atoms with Crippen LogP contribution in [0.3, 0.4) is 0 Å². The Morgan fingerprint density at radius 1 is 0.935 bits per heavy atom. The van der Waals surface area contributed by atoms with Gasteiger partial charge < -0.3 is 15.4 Å². The molecule has 254 valence electrons. The minimum Gasteiger partial charge on any atom is -0.460 e. The summed E-state index contributed by atoms with van der Waals surface area (Å²) in [7, 11) is 0. The molecule has 46 heavy (non-hydrogen) atoms. The Balaban J connectivity index is 0.00000179. The molecule has 0 saturated heterocycles. The van der Waals surface area contributed by atoms with E-state index in [-0.39, 0.29) is 0 Å². The molecule has 0 spiro atoms. The summed E-state index contributed by atoms with van der Waals surface area (Å²) < 4.78 is 76.3. The van der Waals surface area contributed by atoms with Crippen LogP contribution in [0, 0.1) is 18.8 Å². The number of benzene rings is 2. The summed E-state index contributed by atoms with van der Waals surface area (Å²) in [6.07, 6.45) is -5.11. The maximum atomic E-state index is 13.1. The van der Waals surface area contributed by atoms with E-state index in [9.17, 15) is 40.7 Å². The van der Waals surface area contributed by atoms with E-state index >= 15 is 0 Å². The topological polar surface area (TPSA) is 96.9 Å². The zero-order valence-corrected chi connectivity index (χ0v) is 26.7. The Labute approximate surface area is 266 Å². The van der Waals surface area contributed by atoms with E-state index in [0.717, 1.165) is 6.92 Å². The average Bonchev–Trinajstić information content (AvgIpc) is 3.12. The molecule has 3 rings (SSSR count). The van der Waals surface area contributed by atoms with Gasteiger partial charge in [-0.15, -0.1) is 12.8 Å². The number of fused-ring (bicyclic) bond motifs is 1. The summed E-state index contributed by atoms with van der Waals surface area (Å²) in [4.78, 5) is 42.8. The highest BCUT2D eigenvalue weighted by Crippen LogP contribution is 2.27. The fraction of sp³-hybridized carbons (Fsp3) is 0.455. The fourth-order valence-corrected chi connectivity index (χ4v) is 3.68. The summed E-state index contributed by atoms with van der Waals surface area (Å²) in [6.45, 7) is 9.93. The normalized spacial score (nSPS) is 14.8. The van der Waals surface area contributed by atoms with Crippen molar-refractivity contribution in [3.05, 3.63) is 65.7 Å². The summed E-state index contributed by atoms with van der Waals surface area (Å²) >= 11 is 0. The van der Waals surface area contributed by atoms with E-state index in [1.54, 1.807) is 69.3 Å². The lowest BCUT2D eigenvalue weighted by Gasteiger charge is -2.23. The molecule has 0 bridgehead atoms. The van der Waals surface area contributed by atoms with Gasteiger partial charge in [0.15, 0.2) is 0 Å². The maximum Gasteiger partial charge on any atom is 0.389 e. The number of rotatable bonds is 7. The van der Waals surface area contributed by atoms with Crippen LogP contribution in [0.25, 0.3) is 0 Å². The van der Waals surface area contributed by atoms with Gasteiger partial charge in [-0.3, -0.25) is 14.4 Å². The minimum absolute atomic E-state index is 0.425. The van der Waals surface area contributed by atoms with E-state index in [2.05, 4.69) is 28.5 Å². The molecule has 0 aliphatic carbocycles. The zero-order chi connectivity index (χ0) is 35.7. The second-order valence-corrected chi connectivity index (χ2v) is 10.4. The quantitative estimate of drug-likeness (QED) is 0.180. The summed E-state index contributed by atoms with van der Waals surface area (Å²) in [6, 6.07) is 15.9. The van der Waals surface area contributed by atoms with Gasteiger partial charge in [0.25, 0.3) is 5.91 Å². The molecule has 1 aliphatic rings. The Hall–Kier alpha value is -4.34. The molecule has 0 fully saturated rings. The van der Waals surface area contributed by atoms with Crippen LogP contribution < -0.4 is 10.6 Å². The molecule has 2 atom stereocenters. The molecule has 2 aromatic carbocycles. The summed E-state index contributed by atoms with van der Waals surface area (Å²) in [5.41, 5.74) is 1.33. The molecule has 0 aromatic heterocycles. The average molecular weight is 658 g/mol. The van der Waals surface area contributed by atoms with Crippen molar-refractivity contribution in [3.8, 4) is 12.8 Å². The Morgan fingerprint density at radius 3 is 1.96 bits per heavy atom. The van der Waals surface area contributed by atoms with E-state index in [0.29, 0.717) is 22.5 Å². The number of nitrogens with zero attached hydrogens (tertiary/aromatic N) is 1. The lowest BCUT2D eigenvalue weighted by molar-refractivity contribution is -0.159. The van der Waals surface area contributed by atoms with Gasteiger partial charge in [-0.1, -0.05) is 69.3 Å². The number of amides is 2. The highest BCUT2D eigenvalue weighted by atomic mass is 19.4. The number of halogens is 6. The van der Waals surface area contributed by atoms with Gasteiger partial charge in [0.2, 0.25) is 12.1 Å². The Kier molecular flexibility index (Phi) is 17.4. The van der Waals surface area contributed by atoms with Crippen molar-refractivity contribution in [2.75, 3.05) is 5.32 Å². The fourth-order valence-electron chi connectivity index (χ4n) is 3.68. The van der Waals surface area contributed by atoms with Gasteiger partial charge in [0, 0.05) is 29.9 Å². The van der Waals surface area contributed by atoms with Crippen LogP contribution in [-0.2, 0) is 19.1 Å². The van der Waals surface area contributed by atoms with Crippen molar-refractivity contribution >= 4 is 29.2 Å². The van der Waals surface area contributed by atoms with Gasteiger partial charge in [-0.2, -0.15) is 26.3 Å². The number of terminal acetylenes is 1. The molecule has 0 unspecified atom stereocenters. The third kappa shape index (κ3) is 16.1. The lowest BCUT2D eigenvalue weighted by atomic mass is 9.97. The number of carbonyl (C=O) groups excluding carboxylic acids is 3. The number of hydrogen-bond acceptors (Lipinski definition) is 5. The molecule has 1 aliphatic heterocycles. The molecule has 2 amide bonds. The third-order valence-electron chi connectivity index (χ3n) is 5.65. The van der Waals surface area contributed by atoms with Crippen molar-refractivity contribution < 1.29 is 45.5 Å². The van der Waals surface area contributed by atoms with Crippen LogP contribution in [0.2, 0.25) is 0 Å².